The number of rotatable bonds is 3. The van der Waals surface area contributed by atoms with E-state index in [2.05, 4.69) is 10.5 Å². The number of likely N-dealkylation sites (N-methyl/N-ethyl adjacent to an activating group) is 1. The number of fused-ring (bicyclic) bond motifs is 1. The van der Waals surface area contributed by atoms with E-state index in [4.69, 9.17) is 5.73 Å². The highest BCUT2D eigenvalue weighted by Crippen LogP contribution is 2.37. The molecular formula is C13H19N5O4. The lowest BCUT2D eigenvalue weighted by Gasteiger charge is -2.21. The van der Waals surface area contributed by atoms with Crippen molar-refractivity contribution in [3.05, 3.63) is 0 Å². The molecule has 0 aromatic rings. The summed E-state index contributed by atoms with van der Waals surface area (Å²) < 4.78 is 0. The van der Waals surface area contributed by atoms with Crippen molar-refractivity contribution >= 4 is 29.5 Å². The third kappa shape index (κ3) is 3.07. The van der Waals surface area contributed by atoms with Crippen LogP contribution < -0.4 is 11.2 Å². The van der Waals surface area contributed by atoms with Crippen LogP contribution in [-0.2, 0) is 14.4 Å². The Balaban J connectivity index is 2.09. The lowest BCUT2D eigenvalue weighted by atomic mass is 9.80. The summed E-state index contributed by atoms with van der Waals surface area (Å²) in [6, 6.07) is -0.776. The SMILES string of the molecule is CN(C)C(=O)CN1C(=O)C2CCC(=NNC(N)=O)CC2C1=O. The maximum absolute atomic E-state index is 12.4. The molecule has 22 heavy (non-hydrogen) atoms. The summed E-state index contributed by atoms with van der Waals surface area (Å²) in [6.07, 6.45) is 1.28. The van der Waals surface area contributed by atoms with Gasteiger partial charge in [0.15, 0.2) is 0 Å². The summed E-state index contributed by atoms with van der Waals surface area (Å²) in [5, 5.41) is 3.85. The third-order valence-corrected chi connectivity index (χ3v) is 3.97. The first-order valence-corrected chi connectivity index (χ1v) is 6.97. The van der Waals surface area contributed by atoms with E-state index in [1.165, 1.54) is 4.90 Å². The van der Waals surface area contributed by atoms with E-state index in [0.29, 0.717) is 25.0 Å². The zero-order valence-electron chi connectivity index (χ0n) is 12.5. The van der Waals surface area contributed by atoms with Crippen LogP contribution in [0, 0.1) is 11.8 Å². The van der Waals surface area contributed by atoms with Gasteiger partial charge < -0.3 is 10.6 Å². The van der Waals surface area contributed by atoms with Gasteiger partial charge in [-0.3, -0.25) is 19.3 Å². The maximum Gasteiger partial charge on any atom is 0.332 e. The molecule has 5 amide bonds. The van der Waals surface area contributed by atoms with E-state index in [-0.39, 0.29) is 24.3 Å². The Morgan fingerprint density at radius 2 is 1.95 bits per heavy atom. The molecule has 0 radical (unpaired) electrons. The molecule has 2 atom stereocenters. The van der Waals surface area contributed by atoms with E-state index in [9.17, 15) is 19.2 Å². The van der Waals surface area contributed by atoms with Crippen molar-refractivity contribution in [3.8, 4) is 0 Å². The zero-order chi connectivity index (χ0) is 16.4. The molecule has 9 nitrogen and oxygen atoms in total. The highest BCUT2D eigenvalue weighted by atomic mass is 16.2. The Morgan fingerprint density at radius 3 is 2.55 bits per heavy atom. The number of hydrogen-bond acceptors (Lipinski definition) is 5. The first-order valence-electron chi connectivity index (χ1n) is 6.97. The topological polar surface area (TPSA) is 125 Å². The van der Waals surface area contributed by atoms with Gasteiger partial charge in [0, 0.05) is 19.8 Å². The summed E-state index contributed by atoms with van der Waals surface area (Å²) in [5.74, 6) is -1.87. The molecule has 1 aliphatic heterocycles. The summed E-state index contributed by atoms with van der Waals surface area (Å²) in [5.41, 5.74) is 7.70. The minimum absolute atomic E-state index is 0.232. The lowest BCUT2D eigenvalue weighted by Crippen LogP contribution is -2.40. The number of nitrogens with two attached hydrogens (primary N) is 1. The van der Waals surface area contributed by atoms with E-state index in [1.807, 2.05) is 0 Å². The molecule has 2 fully saturated rings. The van der Waals surface area contributed by atoms with Gasteiger partial charge in [-0.15, -0.1) is 0 Å². The summed E-state index contributed by atoms with van der Waals surface area (Å²) >= 11 is 0. The minimum Gasteiger partial charge on any atom is -0.350 e. The van der Waals surface area contributed by atoms with Crippen molar-refractivity contribution in [1.82, 2.24) is 15.2 Å². The summed E-state index contributed by atoms with van der Waals surface area (Å²) in [7, 11) is 3.14. The molecule has 1 aliphatic carbocycles. The van der Waals surface area contributed by atoms with Crippen LogP contribution in [0.4, 0.5) is 4.79 Å². The highest BCUT2D eigenvalue weighted by molar-refractivity contribution is 6.09. The number of hydrogen-bond donors (Lipinski definition) is 2. The fourth-order valence-corrected chi connectivity index (χ4v) is 2.75. The van der Waals surface area contributed by atoms with Gasteiger partial charge in [0.25, 0.3) is 0 Å². The molecule has 120 valence electrons. The van der Waals surface area contributed by atoms with Crippen molar-refractivity contribution in [2.45, 2.75) is 19.3 Å². The predicted octanol–water partition coefficient (Wildman–Crippen LogP) is -1.12. The molecule has 3 N–H and O–H groups in total. The molecule has 0 aromatic carbocycles. The predicted molar refractivity (Wildman–Crippen MR) is 76.4 cm³/mol. The number of amides is 5. The Labute approximate surface area is 127 Å². The molecular weight excluding hydrogens is 290 g/mol. The molecule has 2 unspecified atom stereocenters. The smallest absolute Gasteiger partial charge is 0.332 e. The molecule has 0 bridgehead atoms. The van der Waals surface area contributed by atoms with Crippen LogP contribution in [0.2, 0.25) is 0 Å². The van der Waals surface area contributed by atoms with Crippen molar-refractivity contribution in [1.29, 1.82) is 0 Å². The summed E-state index contributed by atoms with van der Waals surface area (Å²) in [6.45, 7) is -0.232. The standard InChI is InChI=1S/C13H19N5O4/c1-17(2)10(19)6-18-11(20)8-4-3-7(15-16-13(14)22)5-9(8)12(18)21/h8-9H,3-6H2,1-2H3,(H3,14,16,22). The second kappa shape index (κ2) is 6.12. The Bertz CT molecular complexity index is 557. The monoisotopic (exact) mass is 309 g/mol. The highest BCUT2D eigenvalue weighted by Gasteiger charge is 2.49. The van der Waals surface area contributed by atoms with Gasteiger partial charge in [0.1, 0.15) is 6.54 Å². The van der Waals surface area contributed by atoms with Crippen LogP contribution in [0.5, 0.6) is 0 Å². The van der Waals surface area contributed by atoms with E-state index < -0.39 is 17.9 Å². The number of primary amides is 1. The quantitative estimate of drug-likeness (QED) is 0.506. The van der Waals surface area contributed by atoms with E-state index >= 15 is 0 Å². The fourth-order valence-electron chi connectivity index (χ4n) is 2.75. The van der Waals surface area contributed by atoms with Crippen LogP contribution in [0.3, 0.4) is 0 Å². The number of hydrazone groups is 1. The molecule has 9 heteroatoms. The molecule has 1 saturated carbocycles. The molecule has 2 rings (SSSR count). The second-order valence-corrected chi connectivity index (χ2v) is 5.66. The summed E-state index contributed by atoms with van der Waals surface area (Å²) in [4.78, 5) is 49.4. The van der Waals surface area contributed by atoms with Crippen LogP contribution in [0.15, 0.2) is 5.10 Å². The number of carbonyl (C=O) groups is 4. The number of imide groups is 1. The van der Waals surface area contributed by atoms with Gasteiger partial charge >= 0.3 is 6.03 Å². The van der Waals surface area contributed by atoms with Crippen molar-refractivity contribution in [2.24, 2.45) is 22.7 Å². The maximum atomic E-state index is 12.4. The van der Waals surface area contributed by atoms with Crippen LogP contribution >= 0.6 is 0 Å². The lowest BCUT2D eigenvalue weighted by molar-refractivity contribution is -0.145. The number of nitrogens with one attached hydrogen (secondary N) is 1. The number of carbonyl (C=O) groups excluding carboxylic acids is 4. The van der Waals surface area contributed by atoms with Gasteiger partial charge in [-0.1, -0.05) is 0 Å². The number of nitrogens with zero attached hydrogens (tertiary/aromatic N) is 3. The first-order chi connectivity index (χ1) is 10.3. The van der Waals surface area contributed by atoms with Crippen molar-refractivity contribution < 1.29 is 19.2 Å². The Kier molecular flexibility index (Phi) is 4.43. The Hall–Kier alpha value is -2.45. The molecule has 0 aromatic heterocycles. The largest absolute Gasteiger partial charge is 0.350 e. The number of urea groups is 1. The normalized spacial score (nSPS) is 26.1. The first kappa shape index (κ1) is 15.9. The van der Waals surface area contributed by atoms with Gasteiger partial charge in [-0.2, -0.15) is 5.10 Å². The molecule has 1 saturated heterocycles. The second-order valence-electron chi connectivity index (χ2n) is 5.66. The van der Waals surface area contributed by atoms with Crippen LogP contribution in [-0.4, -0.2) is 59.9 Å². The average molecular weight is 309 g/mol. The van der Waals surface area contributed by atoms with Crippen molar-refractivity contribution in [2.75, 3.05) is 20.6 Å². The van der Waals surface area contributed by atoms with Gasteiger partial charge in [0.05, 0.1) is 11.8 Å². The molecule has 2 aliphatic rings. The van der Waals surface area contributed by atoms with Crippen LogP contribution in [0.1, 0.15) is 19.3 Å². The number of likely N-dealkylation sites (tertiary alicyclic amines) is 1. The zero-order valence-corrected chi connectivity index (χ0v) is 12.5. The minimum atomic E-state index is -0.776. The van der Waals surface area contributed by atoms with E-state index in [1.54, 1.807) is 14.1 Å². The fraction of sp³-hybridized carbons (Fsp3) is 0.615. The molecule has 1 heterocycles. The molecule has 0 spiro atoms. The van der Waals surface area contributed by atoms with Crippen LogP contribution in [0.25, 0.3) is 0 Å². The van der Waals surface area contributed by atoms with Gasteiger partial charge in [-0.25, -0.2) is 10.2 Å². The van der Waals surface area contributed by atoms with Gasteiger partial charge in [-0.05, 0) is 19.3 Å². The van der Waals surface area contributed by atoms with E-state index in [0.717, 1.165) is 4.90 Å². The third-order valence-electron chi connectivity index (χ3n) is 3.97. The van der Waals surface area contributed by atoms with Gasteiger partial charge in [0.2, 0.25) is 17.7 Å². The van der Waals surface area contributed by atoms with Crippen molar-refractivity contribution in [3.63, 3.8) is 0 Å². The Morgan fingerprint density at radius 1 is 1.32 bits per heavy atom. The average Bonchev–Trinajstić information content (AvgIpc) is 2.69.